The minimum absolute atomic E-state index is 0.200. The fraction of sp³-hybridized carbons (Fsp3) is 0. The van der Waals surface area contributed by atoms with Gasteiger partial charge in [0.05, 0.1) is 11.1 Å². The van der Waals surface area contributed by atoms with Crippen LogP contribution in [0.2, 0.25) is 0 Å². The molecule has 136 valence electrons. The van der Waals surface area contributed by atoms with E-state index in [1.165, 1.54) is 0 Å². The number of Topliss-reactive ketones (excluding diaryl/α,β-unsaturated/α-hetero) is 1. The second kappa shape index (κ2) is 7.76. The van der Waals surface area contributed by atoms with Crippen LogP contribution in [0.5, 0.6) is 11.5 Å². The summed E-state index contributed by atoms with van der Waals surface area (Å²) in [6.07, 6.45) is 5.29. The number of allylic oxidation sites excluding steroid dienone is 3. The summed E-state index contributed by atoms with van der Waals surface area (Å²) in [6.45, 7) is 0. The van der Waals surface area contributed by atoms with Crippen molar-refractivity contribution in [2.45, 2.75) is 0 Å². The molecule has 4 heteroatoms. The number of carbonyl (C=O) groups is 2. The molecular weight excluding hydrogens is 352 g/mol. The first-order valence-electron chi connectivity index (χ1n) is 8.78. The third-order valence-electron chi connectivity index (χ3n) is 4.20. The van der Waals surface area contributed by atoms with Gasteiger partial charge in [0.15, 0.2) is 5.76 Å². The molecule has 1 aliphatic rings. The summed E-state index contributed by atoms with van der Waals surface area (Å²) >= 11 is 0. The Morgan fingerprint density at radius 3 is 2.36 bits per heavy atom. The normalized spacial score (nSPS) is 14.1. The Kier molecular flexibility index (Phi) is 4.85. The molecular formula is C24H16O4. The predicted octanol–water partition coefficient (Wildman–Crippen LogP) is 5.08. The van der Waals surface area contributed by atoms with Crippen molar-refractivity contribution in [3.8, 4) is 11.5 Å². The van der Waals surface area contributed by atoms with Crippen molar-refractivity contribution in [1.82, 2.24) is 0 Å². The summed E-state index contributed by atoms with van der Waals surface area (Å²) in [7, 11) is 0. The maximum atomic E-state index is 12.5. The van der Waals surface area contributed by atoms with Crippen LogP contribution in [-0.2, 0) is 0 Å². The number of carbonyl (C=O) groups excluding carboxylic acids is 2. The second-order valence-corrected chi connectivity index (χ2v) is 6.15. The first kappa shape index (κ1) is 17.5. The number of rotatable bonds is 4. The monoisotopic (exact) mass is 368 g/mol. The molecule has 4 nitrogen and oxygen atoms in total. The summed E-state index contributed by atoms with van der Waals surface area (Å²) in [5, 5.41) is 0. The van der Waals surface area contributed by atoms with Crippen molar-refractivity contribution in [2.24, 2.45) is 0 Å². The molecule has 0 fully saturated rings. The Bertz CT molecular complexity index is 1080. The lowest BCUT2D eigenvalue weighted by Crippen LogP contribution is -2.08. The SMILES string of the molecule is O=C(Oc1ccc2c(c1)O/C(=C\C=C\c1ccccc1)C2=O)c1ccccc1. The van der Waals surface area contributed by atoms with Crippen LogP contribution in [0, 0.1) is 0 Å². The zero-order valence-corrected chi connectivity index (χ0v) is 14.9. The van der Waals surface area contributed by atoms with E-state index in [-0.39, 0.29) is 11.5 Å². The zero-order valence-electron chi connectivity index (χ0n) is 14.9. The first-order chi connectivity index (χ1) is 13.7. The number of ether oxygens (including phenoxy) is 2. The maximum absolute atomic E-state index is 12.5. The fourth-order valence-corrected chi connectivity index (χ4v) is 2.80. The van der Waals surface area contributed by atoms with Crippen LogP contribution in [0.4, 0.5) is 0 Å². The van der Waals surface area contributed by atoms with E-state index < -0.39 is 5.97 Å². The van der Waals surface area contributed by atoms with Crippen molar-refractivity contribution in [3.05, 3.63) is 113 Å². The van der Waals surface area contributed by atoms with Gasteiger partial charge in [0.25, 0.3) is 0 Å². The standard InChI is InChI=1S/C24H16O4/c25-23-20-15-14-19(27-24(26)18-11-5-2-6-12-18)16-22(20)28-21(23)13-7-10-17-8-3-1-4-9-17/h1-16H/b10-7+,21-13-. The Hall–Kier alpha value is -3.92. The van der Waals surface area contributed by atoms with Crippen molar-refractivity contribution < 1.29 is 19.1 Å². The van der Waals surface area contributed by atoms with Gasteiger partial charge in [-0.3, -0.25) is 4.79 Å². The maximum Gasteiger partial charge on any atom is 0.343 e. The van der Waals surface area contributed by atoms with Gasteiger partial charge in [0, 0.05) is 6.07 Å². The third kappa shape index (κ3) is 3.76. The number of ketones is 1. The molecule has 0 saturated carbocycles. The van der Waals surface area contributed by atoms with Crippen LogP contribution in [0.25, 0.3) is 6.08 Å². The molecule has 0 radical (unpaired) electrons. The van der Waals surface area contributed by atoms with E-state index >= 15 is 0 Å². The number of hydrogen-bond acceptors (Lipinski definition) is 4. The zero-order chi connectivity index (χ0) is 19.3. The lowest BCUT2D eigenvalue weighted by atomic mass is 10.1. The average Bonchev–Trinajstić information content (AvgIpc) is 3.04. The molecule has 3 aromatic carbocycles. The molecule has 0 saturated heterocycles. The Morgan fingerprint density at radius 1 is 0.893 bits per heavy atom. The highest BCUT2D eigenvalue weighted by atomic mass is 16.5. The Labute approximate surface area is 162 Å². The molecule has 1 aliphatic heterocycles. The van der Waals surface area contributed by atoms with E-state index in [1.807, 2.05) is 42.5 Å². The number of benzene rings is 3. The van der Waals surface area contributed by atoms with Crippen LogP contribution in [0.15, 0.2) is 96.8 Å². The summed E-state index contributed by atoms with van der Waals surface area (Å²) in [4.78, 5) is 24.6. The molecule has 0 spiro atoms. The summed E-state index contributed by atoms with van der Waals surface area (Å²) in [5.74, 6) is 0.262. The van der Waals surface area contributed by atoms with Crippen LogP contribution < -0.4 is 9.47 Å². The fourth-order valence-electron chi connectivity index (χ4n) is 2.80. The van der Waals surface area contributed by atoms with E-state index in [2.05, 4.69) is 0 Å². The van der Waals surface area contributed by atoms with Gasteiger partial charge < -0.3 is 9.47 Å². The molecule has 0 bridgehead atoms. The minimum atomic E-state index is -0.466. The molecule has 1 heterocycles. The van der Waals surface area contributed by atoms with Gasteiger partial charge in [0.2, 0.25) is 5.78 Å². The van der Waals surface area contributed by atoms with Crippen molar-refractivity contribution in [3.63, 3.8) is 0 Å². The summed E-state index contributed by atoms with van der Waals surface area (Å²) in [5.41, 5.74) is 1.92. The second-order valence-electron chi connectivity index (χ2n) is 6.15. The van der Waals surface area contributed by atoms with Gasteiger partial charge in [-0.25, -0.2) is 4.79 Å². The molecule has 0 N–H and O–H groups in total. The average molecular weight is 368 g/mol. The van der Waals surface area contributed by atoms with Gasteiger partial charge in [-0.15, -0.1) is 0 Å². The predicted molar refractivity (Wildman–Crippen MR) is 106 cm³/mol. The molecule has 0 aliphatic carbocycles. The Balaban J connectivity index is 1.49. The molecule has 28 heavy (non-hydrogen) atoms. The van der Waals surface area contributed by atoms with Crippen molar-refractivity contribution >= 4 is 17.8 Å². The van der Waals surface area contributed by atoms with Gasteiger partial charge in [-0.1, -0.05) is 60.7 Å². The van der Waals surface area contributed by atoms with E-state index in [0.29, 0.717) is 22.6 Å². The lowest BCUT2D eigenvalue weighted by Gasteiger charge is -2.05. The van der Waals surface area contributed by atoms with Gasteiger partial charge in [0.1, 0.15) is 11.5 Å². The van der Waals surface area contributed by atoms with Gasteiger partial charge >= 0.3 is 5.97 Å². The summed E-state index contributed by atoms with van der Waals surface area (Å²) < 4.78 is 11.0. The number of hydrogen-bond donors (Lipinski definition) is 0. The lowest BCUT2D eigenvalue weighted by molar-refractivity contribution is 0.0734. The highest BCUT2D eigenvalue weighted by Crippen LogP contribution is 2.34. The quantitative estimate of drug-likeness (QED) is 0.366. The topological polar surface area (TPSA) is 52.6 Å². The van der Waals surface area contributed by atoms with Crippen molar-refractivity contribution in [2.75, 3.05) is 0 Å². The van der Waals surface area contributed by atoms with E-state index in [0.717, 1.165) is 5.56 Å². The van der Waals surface area contributed by atoms with Gasteiger partial charge in [-0.2, -0.15) is 0 Å². The van der Waals surface area contributed by atoms with Crippen LogP contribution in [0.3, 0.4) is 0 Å². The van der Waals surface area contributed by atoms with Crippen LogP contribution in [-0.4, -0.2) is 11.8 Å². The molecule has 0 aromatic heterocycles. The number of esters is 1. The van der Waals surface area contributed by atoms with E-state index in [4.69, 9.17) is 9.47 Å². The molecule has 4 rings (SSSR count). The van der Waals surface area contributed by atoms with Crippen molar-refractivity contribution in [1.29, 1.82) is 0 Å². The Morgan fingerprint density at radius 2 is 1.61 bits per heavy atom. The number of fused-ring (bicyclic) bond motifs is 1. The van der Waals surface area contributed by atoms with Crippen LogP contribution in [0.1, 0.15) is 26.3 Å². The minimum Gasteiger partial charge on any atom is -0.452 e. The first-order valence-corrected chi connectivity index (χ1v) is 8.78. The smallest absolute Gasteiger partial charge is 0.343 e. The summed E-state index contributed by atoms with van der Waals surface area (Å²) in [6, 6.07) is 23.2. The highest BCUT2D eigenvalue weighted by molar-refractivity contribution is 6.12. The largest absolute Gasteiger partial charge is 0.452 e. The van der Waals surface area contributed by atoms with E-state index in [9.17, 15) is 9.59 Å². The molecule has 0 amide bonds. The van der Waals surface area contributed by atoms with Gasteiger partial charge in [-0.05, 0) is 35.9 Å². The molecule has 0 unspecified atom stereocenters. The highest BCUT2D eigenvalue weighted by Gasteiger charge is 2.27. The third-order valence-corrected chi connectivity index (χ3v) is 4.20. The van der Waals surface area contributed by atoms with E-state index in [1.54, 1.807) is 54.6 Å². The molecule has 0 atom stereocenters. The van der Waals surface area contributed by atoms with Crippen LogP contribution >= 0.6 is 0 Å². The molecule has 3 aromatic rings.